The number of rotatable bonds is 8. The summed E-state index contributed by atoms with van der Waals surface area (Å²) in [6.07, 6.45) is 10.6. The summed E-state index contributed by atoms with van der Waals surface area (Å²) in [5.74, 6) is 1.54. The van der Waals surface area contributed by atoms with Crippen LogP contribution in [0.4, 0.5) is 10.9 Å². The molecule has 0 bridgehead atoms. The predicted molar refractivity (Wildman–Crippen MR) is 145 cm³/mol. The number of fused-ring (bicyclic) bond motifs is 1. The van der Waals surface area contributed by atoms with E-state index < -0.39 is 0 Å². The molecule has 2 aliphatic rings. The third-order valence-corrected chi connectivity index (χ3v) is 7.62. The molecule has 2 N–H and O–H groups in total. The lowest BCUT2D eigenvalue weighted by Crippen LogP contribution is -2.17. The topological polar surface area (TPSA) is 92.3 Å². The first-order chi connectivity index (χ1) is 18.2. The molecule has 188 valence electrons. The van der Waals surface area contributed by atoms with Crippen molar-refractivity contribution < 1.29 is 9.53 Å². The molecule has 1 amide bonds. The molecule has 8 nitrogen and oxygen atoms in total. The maximum atomic E-state index is 12.9. The van der Waals surface area contributed by atoms with E-state index in [9.17, 15) is 4.79 Å². The maximum Gasteiger partial charge on any atom is 0.257 e. The number of carbonyl (C=O) groups excluding carboxylic acids is 1. The minimum Gasteiger partial charge on any atom is -0.492 e. The lowest BCUT2D eigenvalue weighted by Gasteiger charge is -2.13. The minimum absolute atomic E-state index is 0.155. The van der Waals surface area contributed by atoms with Crippen LogP contribution in [0.2, 0.25) is 0 Å². The van der Waals surface area contributed by atoms with Crippen molar-refractivity contribution >= 4 is 28.2 Å². The Morgan fingerprint density at radius 3 is 2.81 bits per heavy atom. The summed E-state index contributed by atoms with van der Waals surface area (Å²) in [6.45, 7) is 4.37. The van der Waals surface area contributed by atoms with Gasteiger partial charge >= 0.3 is 0 Å². The van der Waals surface area contributed by atoms with Crippen LogP contribution in [0.1, 0.15) is 39.2 Å². The fourth-order valence-corrected chi connectivity index (χ4v) is 5.70. The smallest absolute Gasteiger partial charge is 0.257 e. The number of hydrogen-bond acceptors (Lipinski definition) is 8. The molecule has 0 aliphatic carbocycles. The lowest BCUT2D eigenvalue weighted by atomic mass is 10.0. The fraction of sp³-hybridized carbons (Fsp3) is 0.286. The molecule has 5 heterocycles. The van der Waals surface area contributed by atoms with Gasteiger partial charge in [0.25, 0.3) is 5.91 Å². The number of nitrogens with one attached hydrogen (secondary N) is 2. The van der Waals surface area contributed by atoms with Crippen molar-refractivity contribution in [3.8, 4) is 16.9 Å². The predicted octanol–water partition coefficient (Wildman–Crippen LogP) is 5.00. The first kappa shape index (κ1) is 23.6. The Bertz CT molecular complexity index is 1400. The average Bonchev–Trinajstić information content (AvgIpc) is 3.71. The lowest BCUT2D eigenvalue weighted by molar-refractivity contribution is 0.102. The molecule has 1 saturated heterocycles. The van der Waals surface area contributed by atoms with Crippen LogP contribution in [0.15, 0.2) is 61.2 Å². The number of carbonyl (C=O) groups is 1. The number of likely N-dealkylation sites (tertiary alicyclic amines) is 1. The van der Waals surface area contributed by atoms with Crippen molar-refractivity contribution in [2.75, 3.05) is 30.3 Å². The molecule has 1 fully saturated rings. The molecule has 0 unspecified atom stereocenters. The van der Waals surface area contributed by atoms with E-state index in [0.717, 1.165) is 59.9 Å². The number of benzene rings is 1. The Morgan fingerprint density at radius 2 is 1.95 bits per heavy atom. The minimum atomic E-state index is -0.155. The van der Waals surface area contributed by atoms with Gasteiger partial charge in [-0.25, -0.2) is 9.97 Å². The molecule has 9 heteroatoms. The fourth-order valence-electron chi connectivity index (χ4n) is 4.85. The molecule has 37 heavy (non-hydrogen) atoms. The Morgan fingerprint density at radius 1 is 1.08 bits per heavy atom. The van der Waals surface area contributed by atoms with Gasteiger partial charge in [-0.2, -0.15) is 0 Å². The Balaban J connectivity index is 1.11. The van der Waals surface area contributed by atoms with Gasteiger partial charge in [-0.3, -0.25) is 20.0 Å². The van der Waals surface area contributed by atoms with E-state index in [4.69, 9.17) is 9.72 Å². The summed E-state index contributed by atoms with van der Waals surface area (Å²) < 4.78 is 5.96. The van der Waals surface area contributed by atoms with Gasteiger partial charge in [0.2, 0.25) is 0 Å². The van der Waals surface area contributed by atoms with Gasteiger partial charge in [-0.15, -0.1) is 11.3 Å². The second-order valence-corrected chi connectivity index (χ2v) is 10.4. The highest BCUT2D eigenvalue weighted by molar-refractivity contribution is 7.15. The molecule has 3 aromatic heterocycles. The zero-order chi connectivity index (χ0) is 25.0. The zero-order valence-corrected chi connectivity index (χ0v) is 21.3. The zero-order valence-electron chi connectivity index (χ0n) is 20.4. The third kappa shape index (κ3) is 5.33. The van der Waals surface area contributed by atoms with Crippen LogP contribution < -0.4 is 15.4 Å². The number of hydrogen-bond donors (Lipinski definition) is 2. The van der Waals surface area contributed by atoms with E-state index in [-0.39, 0.29) is 5.91 Å². The molecule has 6 rings (SSSR count). The number of anilines is 2. The van der Waals surface area contributed by atoms with Crippen LogP contribution in [0, 0.1) is 0 Å². The van der Waals surface area contributed by atoms with Crippen molar-refractivity contribution in [3.63, 3.8) is 0 Å². The maximum absolute atomic E-state index is 12.9. The summed E-state index contributed by atoms with van der Waals surface area (Å²) in [6, 6.07) is 11.6. The largest absolute Gasteiger partial charge is 0.492 e. The summed E-state index contributed by atoms with van der Waals surface area (Å²) in [5, 5.41) is 7.04. The van der Waals surface area contributed by atoms with E-state index in [0.29, 0.717) is 23.8 Å². The number of pyridine rings is 2. The normalized spacial score (nSPS) is 14.8. The van der Waals surface area contributed by atoms with Crippen molar-refractivity contribution in [2.24, 2.45) is 0 Å². The van der Waals surface area contributed by atoms with Crippen molar-refractivity contribution in [2.45, 2.75) is 32.4 Å². The number of ether oxygens (including phenoxy) is 1. The summed E-state index contributed by atoms with van der Waals surface area (Å²) in [5.41, 5.74) is 4.69. The van der Waals surface area contributed by atoms with Crippen LogP contribution in [0.25, 0.3) is 11.1 Å². The highest BCUT2D eigenvalue weighted by atomic mass is 32.1. The molecule has 1 aromatic carbocycles. The van der Waals surface area contributed by atoms with Crippen molar-refractivity contribution in [1.82, 2.24) is 19.9 Å². The number of nitrogens with zero attached hydrogens (tertiary/aromatic N) is 4. The van der Waals surface area contributed by atoms with Gasteiger partial charge in [0.05, 0.1) is 6.61 Å². The molecule has 4 aromatic rings. The summed E-state index contributed by atoms with van der Waals surface area (Å²) >= 11 is 1.54. The number of thiazole rings is 1. The highest BCUT2D eigenvalue weighted by Gasteiger charge is 2.22. The Kier molecular flexibility index (Phi) is 6.79. The molecular weight excluding hydrogens is 484 g/mol. The average molecular weight is 513 g/mol. The van der Waals surface area contributed by atoms with Crippen molar-refractivity contribution in [1.29, 1.82) is 0 Å². The Hall–Kier alpha value is -3.82. The number of aromatic nitrogens is 3. The van der Waals surface area contributed by atoms with Gasteiger partial charge < -0.3 is 10.1 Å². The molecule has 2 aliphatic heterocycles. The second-order valence-electron chi connectivity index (χ2n) is 9.29. The van der Waals surface area contributed by atoms with Crippen LogP contribution in [-0.4, -0.2) is 45.5 Å². The first-order valence-electron chi connectivity index (χ1n) is 12.6. The Labute approximate surface area is 219 Å². The van der Waals surface area contributed by atoms with Crippen LogP contribution in [-0.2, 0) is 19.5 Å². The molecular formula is C28H28N6O2S. The quantitative estimate of drug-likeness (QED) is 0.343. The summed E-state index contributed by atoms with van der Waals surface area (Å²) in [7, 11) is 0. The summed E-state index contributed by atoms with van der Waals surface area (Å²) in [4.78, 5) is 29.7. The van der Waals surface area contributed by atoms with Gasteiger partial charge in [0.1, 0.15) is 11.6 Å². The van der Waals surface area contributed by atoms with E-state index in [2.05, 4.69) is 25.5 Å². The van der Waals surface area contributed by atoms with Gasteiger partial charge in [-0.05, 0) is 61.3 Å². The van der Waals surface area contributed by atoms with E-state index >= 15 is 0 Å². The molecule has 0 radical (unpaired) electrons. The monoisotopic (exact) mass is 512 g/mol. The van der Waals surface area contributed by atoms with E-state index in [1.54, 1.807) is 23.7 Å². The number of amides is 1. The van der Waals surface area contributed by atoms with Crippen LogP contribution >= 0.6 is 11.3 Å². The van der Waals surface area contributed by atoms with E-state index in [1.807, 2.05) is 48.8 Å². The first-order valence-corrected chi connectivity index (χ1v) is 13.4. The molecule has 0 saturated carbocycles. The van der Waals surface area contributed by atoms with Crippen molar-refractivity contribution in [3.05, 3.63) is 82.8 Å². The highest BCUT2D eigenvalue weighted by Crippen LogP contribution is 2.39. The van der Waals surface area contributed by atoms with Crippen LogP contribution in [0.3, 0.4) is 0 Å². The van der Waals surface area contributed by atoms with E-state index in [1.165, 1.54) is 17.7 Å². The van der Waals surface area contributed by atoms with Gasteiger partial charge in [0.15, 0.2) is 5.13 Å². The SMILES string of the molecule is O=C(Nc1ncc(CN2CCCC2)s1)c1cccc(CNc2ncc(-c3ccncc3)c3c2CCO3)c1. The van der Waals surface area contributed by atoms with Gasteiger partial charge in [-0.1, -0.05) is 12.1 Å². The van der Waals surface area contributed by atoms with Gasteiger partial charge in [0, 0.05) is 65.9 Å². The van der Waals surface area contributed by atoms with Crippen LogP contribution in [0.5, 0.6) is 5.75 Å². The molecule has 0 spiro atoms. The standard InChI is InChI=1S/C28H28N6O2S/c35-27(33-28-32-16-22(37-28)18-34-11-1-2-12-34)21-5-3-4-19(14-21)15-30-26-23-8-13-36-25(23)24(17-31-26)20-6-9-29-10-7-20/h3-7,9-10,14,16-17H,1-2,8,11-13,15,18H2,(H,30,31)(H,32,33,35). The molecule has 0 atom stereocenters. The third-order valence-electron chi connectivity index (χ3n) is 6.72. The second kappa shape index (κ2) is 10.7.